The molecule has 2 amide bonds. The summed E-state index contributed by atoms with van der Waals surface area (Å²) in [7, 11) is 0. The first-order valence-electron chi connectivity index (χ1n) is 10.8. The molecule has 0 saturated heterocycles. The summed E-state index contributed by atoms with van der Waals surface area (Å²) < 4.78 is 63.5. The summed E-state index contributed by atoms with van der Waals surface area (Å²) in [5.74, 6) is -4.55. The van der Waals surface area contributed by atoms with Crippen LogP contribution >= 0.6 is 11.3 Å². The lowest BCUT2D eigenvalue weighted by atomic mass is 10.2. The Morgan fingerprint density at radius 2 is 1.66 bits per heavy atom. The van der Waals surface area contributed by atoms with Gasteiger partial charge in [-0.1, -0.05) is 6.07 Å². The fourth-order valence-electron chi connectivity index (χ4n) is 2.97. The summed E-state index contributed by atoms with van der Waals surface area (Å²) in [6.07, 6.45) is -6.14. The molecule has 1 aliphatic heterocycles. The van der Waals surface area contributed by atoms with Gasteiger partial charge in [-0.25, -0.2) is 24.4 Å². The Kier molecular flexibility index (Phi) is 10.3. The van der Waals surface area contributed by atoms with Crippen molar-refractivity contribution in [2.24, 2.45) is 0 Å². The minimum atomic E-state index is -5.08. The molecule has 2 aromatic heterocycles. The van der Waals surface area contributed by atoms with Crippen molar-refractivity contribution in [2.75, 3.05) is 18.0 Å². The summed E-state index contributed by atoms with van der Waals surface area (Å²) in [4.78, 5) is 43.5. The Morgan fingerprint density at radius 3 is 2.13 bits per heavy atom. The molecule has 4 rings (SSSR count). The van der Waals surface area contributed by atoms with Crippen LogP contribution < -0.4 is 10.2 Å². The van der Waals surface area contributed by atoms with E-state index in [4.69, 9.17) is 19.8 Å². The second kappa shape index (κ2) is 12.7. The predicted octanol–water partition coefficient (Wildman–Crippen LogP) is 3.81. The Hall–Kier alpha value is -3.63. The topological polar surface area (TPSA) is 136 Å². The van der Waals surface area contributed by atoms with Crippen molar-refractivity contribution in [1.29, 1.82) is 0 Å². The minimum absolute atomic E-state index is 0.0404. The van der Waals surface area contributed by atoms with Crippen LogP contribution in [-0.4, -0.2) is 74.5 Å². The molecule has 2 aromatic rings. The number of amides is 2. The second-order valence-corrected chi connectivity index (χ2v) is 9.08. The van der Waals surface area contributed by atoms with Gasteiger partial charge in [-0.15, -0.1) is 11.3 Å². The molecule has 0 radical (unpaired) electrons. The van der Waals surface area contributed by atoms with E-state index in [9.17, 15) is 31.1 Å². The number of thiazole rings is 1. The van der Waals surface area contributed by atoms with Crippen molar-refractivity contribution in [3.8, 4) is 0 Å². The SMILES string of the molecule is Cc1nc(CN2CCN(C(=O)NC3CC3)Cc3cccnc32)cs1.O=C(O)C(F)(F)F.O=C(O)C(F)(F)F. The van der Waals surface area contributed by atoms with Crippen LogP contribution in [0.5, 0.6) is 0 Å². The van der Waals surface area contributed by atoms with Crippen LogP contribution in [0.15, 0.2) is 23.7 Å². The first kappa shape index (κ1) is 30.6. The number of halogens is 6. The molecular formula is C21H23F6N5O5S. The first-order chi connectivity index (χ1) is 17.6. The van der Waals surface area contributed by atoms with Gasteiger partial charge in [-0.05, 0) is 25.8 Å². The number of nitrogens with zero attached hydrogens (tertiary/aromatic N) is 4. The van der Waals surface area contributed by atoms with E-state index in [0.717, 1.165) is 48.0 Å². The smallest absolute Gasteiger partial charge is 0.475 e. The first-order valence-corrected chi connectivity index (χ1v) is 11.7. The number of hydrogen-bond acceptors (Lipinski definition) is 7. The number of carbonyl (C=O) groups is 3. The molecule has 0 spiro atoms. The highest BCUT2D eigenvalue weighted by atomic mass is 32.1. The van der Waals surface area contributed by atoms with Crippen LogP contribution in [0.25, 0.3) is 0 Å². The van der Waals surface area contributed by atoms with E-state index < -0.39 is 24.3 Å². The molecule has 1 aliphatic carbocycles. The number of carboxylic acids is 2. The number of fused-ring (bicyclic) bond motifs is 1. The highest BCUT2D eigenvalue weighted by Crippen LogP contribution is 2.25. The van der Waals surface area contributed by atoms with E-state index in [-0.39, 0.29) is 6.03 Å². The van der Waals surface area contributed by atoms with Crippen LogP contribution in [0.3, 0.4) is 0 Å². The van der Waals surface area contributed by atoms with Gasteiger partial charge >= 0.3 is 30.3 Å². The summed E-state index contributed by atoms with van der Waals surface area (Å²) in [5.41, 5.74) is 2.15. The van der Waals surface area contributed by atoms with Crippen LogP contribution in [0, 0.1) is 6.92 Å². The van der Waals surface area contributed by atoms with E-state index in [0.29, 0.717) is 19.1 Å². The van der Waals surface area contributed by atoms with E-state index in [1.54, 1.807) is 11.3 Å². The molecule has 17 heteroatoms. The van der Waals surface area contributed by atoms with Gasteiger partial charge in [0.1, 0.15) is 5.82 Å². The zero-order valence-corrected chi connectivity index (χ0v) is 20.5. The van der Waals surface area contributed by atoms with Gasteiger partial charge in [0.05, 0.1) is 23.8 Å². The monoisotopic (exact) mass is 571 g/mol. The minimum Gasteiger partial charge on any atom is -0.475 e. The van der Waals surface area contributed by atoms with Gasteiger partial charge in [-0.2, -0.15) is 26.3 Å². The fraction of sp³-hybridized carbons (Fsp3) is 0.476. The Morgan fingerprint density at radius 1 is 1.08 bits per heavy atom. The Balaban J connectivity index is 0.000000301. The normalized spacial score (nSPS) is 15.1. The van der Waals surface area contributed by atoms with Gasteiger partial charge in [-0.3, -0.25) is 0 Å². The summed E-state index contributed by atoms with van der Waals surface area (Å²) in [6.45, 7) is 4.81. The van der Waals surface area contributed by atoms with Crippen LogP contribution in [0.2, 0.25) is 0 Å². The number of hydrogen-bond donors (Lipinski definition) is 3. The molecular weight excluding hydrogens is 548 g/mol. The number of aliphatic carboxylic acids is 2. The second-order valence-electron chi connectivity index (χ2n) is 8.02. The summed E-state index contributed by atoms with van der Waals surface area (Å²) in [5, 5.41) is 20.5. The maximum Gasteiger partial charge on any atom is 0.490 e. The van der Waals surface area contributed by atoms with Crippen molar-refractivity contribution in [3.05, 3.63) is 40.0 Å². The van der Waals surface area contributed by atoms with Gasteiger partial charge < -0.3 is 25.3 Å². The number of pyridine rings is 1. The van der Waals surface area contributed by atoms with E-state index in [2.05, 4.69) is 31.6 Å². The molecule has 1 fully saturated rings. The van der Waals surface area contributed by atoms with Crippen molar-refractivity contribution in [2.45, 2.75) is 51.2 Å². The number of alkyl halides is 6. The molecule has 3 N–H and O–H groups in total. The summed E-state index contributed by atoms with van der Waals surface area (Å²) >= 11 is 1.67. The third-order valence-corrected chi connectivity index (χ3v) is 5.69. The number of carbonyl (C=O) groups excluding carboxylic acids is 1. The zero-order chi connectivity index (χ0) is 28.7. The van der Waals surface area contributed by atoms with Crippen molar-refractivity contribution in [3.63, 3.8) is 0 Å². The average Bonchev–Trinajstić information content (AvgIpc) is 3.56. The van der Waals surface area contributed by atoms with E-state index in [1.807, 2.05) is 24.1 Å². The number of carboxylic acid groups (broad SMARTS) is 2. The highest BCUT2D eigenvalue weighted by molar-refractivity contribution is 7.09. The molecule has 210 valence electrons. The van der Waals surface area contributed by atoms with Crippen LogP contribution in [0.1, 0.15) is 29.1 Å². The van der Waals surface area contributed by atoms with E-state index in [1.165, 1.54) is 0 Å². The molecule has 0 aromatic carbocycles. The average molecular weight is 572 g/mol. The fourth-order valence-corrected chi connectivity index (χ4v) is 3.57. The third kappa shape index (κ3) is 10.0. The molecule has 38 heavy (non-hydrogen) atoms. The van der Waals surface area contributed by atoms with E-state index >= 15 is 0 Å². The lowest BCUT2D eigenvalue weighted by molar-refractivity contribution is -0.193. The molecule has 0 bridgehead atoms. The molecule has 0 unspecified atom stereocenters. The zero-order valence-electron chi connectivity index (χ0n) is 19.7. The largest absolute Gasteiger partial charge is 0.490 e. The molecule has 10 nitrogen and oxygen atoms in total. The summed E-state index contributed by atoms with van der Waals surface area (Å²) in [6, 6.07) is 4.42. The number of aromatic nitrogens is 2. The van der Waals surface area contributed by atoms with Crippen molar-refractivity contribution in [1.82, 2.24) is 20.2 Å². The van der Waals surface area contributed by atoms with Crippen molar-refractivity contribution >= 4 is 35.1 Å². The molecule has 2 aliphatic rings. The number of rotatable bonds is 3. The third-order valence-electron chi connectivity index (χ3n) is 4.86. The maximum absolute atomic E-state index is 12.4. The highest BCUT2D eigenvalue weighted by Gasteiger charge is 2.39. The molecule has 0 atom stereocenters. The number of anilines is 1. The van der Waals surface area contributed by atoms with Gasteiger partial charge in [0.25, 0.3) is 0 Å². The van der Waals surface area contributed by atoms with Crippen molar-refractivity contribution < 1.29 is 50.9 Å². The Labute approximate surface area is 215 Å². The number of nitrogens with one attached hydrogen (secondary N) is 1. The quantitative estimate of drug-likeness (QED) is 0.474. The lowest BCUT2D eigenvalue weighted by Crippen LogP contribution is -2.42. The van der Waals surface area contributed by atoms with Crippen LogP contribution in [-0.2, 0) is 22.7 Å². The maximum atomic E-state index is 12.4. The number of aryl methyl sites for hydroxylation is 1. The van der Waals surface area contributed by atoms with Gasteiger partial charge in [0, 0.05) is 36.3 Å². The standard InChI is InChI=1S/C17H21N5OS.2C2HF3O2/c1-12-19-15(11-24-12)10-21-7-8-22(17(23)20-14-4-5-14)9-13-3-2-6-18-16(13)21;2*3-2(4,5)1(6)7/h2-3,6,11,14H,4-5,7-10H2,1H3,(H,20,23);2*(H,6,7). The van der Waals surface area contributed by atoms with Crippen LogP contribution in [0.4, 0.5) is 37.0 Å². The Bertz CT molecular complexity index is 1100. The molecule has 1 saturated carbocycles. The number of urea groups is 1. The predicted molar refractivity (Wildman–Crippen MR) is 121 cm³/mol. The van der Waals surface area contributed by atoms with Gasteiger partial charge in [0.15, 0.2) is 0 Å². The molecule has 3 heterocycles. The van der Waals surface area contributed by atoms with Gasteiger partial charge in [0.2, 0.25) is 0 Å². The lowest BCUT2D eigenvalue weighted by Gasteiger charge is -2.23.